The number of pyridine rings is 1. The summed E-state index contributed by atoms with van der Waals surface area (Å²) >= 11 is 0. The molecule has 1 aliphatic rings. The molecule has 11 nitrogen and oxygen atoms in total. The van der Waals surface area contributed by atoms with Gasteiger partial charge in [0.05, 0.1) is 19.2 Å². The molecular weight excluding hydrogens is 686 g/mol. The summed E-state index contributed by atoms with van der Waals surface area (Å²) in [5, 5.41) is 7.07. The average molecular weight is 722 g/mol. The Kier molecular flexibility index (Phi) is 10.9. The molecule has 3 heterocycles. The van der Waals surface area contributed by atoms with Crippen molar-refractivity contribution < 1.29 is 41.3 Å². The average Bonchev–Trinajstić information content (AvgIpc) is 3.11. The summed E-state index contributed by atoms with van der Waals surface area (Å²) in [5.41, 5.74) is -0.708. The van der Waals surface area contributed by atoms with Gasteiger partial charge in [0.2, 0.25) is 0 Å². The molecule has 0 unspecified atom stereocenters. The Hall–Kier alpha value is -5.70. The molecule has 6 rings (SSSR count). The normalized spacial score (nSPS) is 13.5. The van der Waals surface area contributed by atoms with Gasteiger partial charge in [0.25, 0.3) is 11.5 Å². The number of carbonyl (C=O) groups is 1. The number of ether oxygens (including phenoxy) is 4. The summed E-state index contributed by atoms with van der Waals surface area (Å²) < 4.78 is 76.6. The zero-order valence-corrected chi connectivity index (χ0v) is 28.3. The second kappa shape index (κ2) is 15.7. The number of methoxy groups -OCH3 is 1. The zero-order chi connectivity index (χ0) is 36.8. The van der Waals surface area contributed by atoms with Gasteiger partial charge in [-0.05, 0) is 81.2 Å². The van der Waals surface area contributed by atoms with Crippen LogP contribution in [-0.2, 0) is 0 Å². The molecule has 2 aromatic heterocycles. The molecule has 0 bridgehead atoms. The van der Waals surface area contributed by atoms with Crippen LogP contribution in [0.1, 0.15) is 41.7 Å². The van der Waals surface area contributed by atoms with E-state index < -0.39 is 29.4 Å². The van der Waals surface area contributed by atoms with Crippen LogP contribution in [0.3, 0.4) is 0 Å². The molecule has 5 aromatic rings. The van der Waals surface area contributed by atoms with Crippen LogP contribution in [0.4, 0.5) is 23.2 Å². The predicted molar refractivity (Wildman–Crippen MR) is 184 cm³/mol. The van der Waals surface area contributed by atoms with E-state index >= 15 is 4.39 Å². The molecule has 1 saturated heterocycles. The molecule has 0 radical (unpaired) electrons. The van der Waals surface area contributed by atoms with Gasteiger partial charge in [0.1, 0.15) is 11.4 Å². The number of piperidine rings is 1. The molecule has 0 atom stereocenters. The predicted octanol–water partition coefficient (Wildman–Crippen LogP) is 7.43. The van der Waals surface area contributed by atoms with Crippen molar-refractivity contribution in [1.82, 2.24) is 19.7 Å². The summed E-state index contributed by atoms with van der Waals surface area (Å²) in [6.45, 7) is 5.13. The number of rotatable bonds is 12. The van der Waals surface area contributed by atoms with Crippen molar-refractivity contribution in [3.63, 3.8) is 0 Å². The maximum absolute atomic E-state index is 15.4. The standard InChI is InChI=1S/C37H35F4N5O6/c1-23-19-34(47)46(28-9-4-5-10-31(28)52-37(39,40)41)44-35(23)36(48)43-24-11-12-30(26(38)20-24)51-29-13-14-42-27-22-33(32(49-2)21-25(27)29)50-18-8-17-45-15-6-3-7-16-45/h4-5,9-14,19-22H,3,6-8,15-18H2,1-2H3,(H,43,48). The number of benzene rings is 3. The second-order valence-electron chi connectivity index (χ2n) is 12.1. The van der Waals surface area contributed by atoms with Crippen molar-refractivity contribution in [3.05, 3.63) is 100 Å². The largest absolute Gasteiger partial charge is 0.573 e. The smallest absolute Gasteiger partial charge is 0.493 e. The van der Waals surface area contributed by atoms with Gasteiger partial charge in [0.15, 0.2) is 34.5 Å². The Labute approximate surface area is 295 Å². The number of fused-ring (bicyclic) bond motifs is 1. The number of anilines is 1. The van der Waals surface area contributed by atoms with Gasteiger partial charge >= 0.3 is 6.36 Å². The molecule has 0 spiro atoms. The van der Waals surface area contributed by atoms with E-state index in [2.05, 4.69) is 25.0 Å². The van der Waals surface area contributed by atoms with Crippen LogP contribution in [0.15, 0.2) is 77.7 Å². The molecule has 1 N–H and O–H groups in total. The monoisotopic (exact) mass is 721 g/mol. The molecular formula is C37H35F4N5O6. The highest BCUT2D eigenvalue weighted by molar-refractivity contribution is 6.03. The van der Waals surface area contributed by atoms with E-state index in [-0.39, 0.29) is 28.4 Å². The lowest BCUT2D eigenvalue weighted by atomic mass is 10.1. The number of amides is 1. The third-order valence-electron chi connectivity index (χ3n) is 8.38. The number of halogens is 4. The fraction of sp³-hybridized carbons (Fsp3) is 0.297. The first-order chi connectivity index (χ1) is 25.0. The number of aryl methyl sites for hydroxylation is 1. The number of nitrogens with one attached hydrogen (secondary N) is 1. The van der Waals surface area contributed by atoms with Crippen molar-refractivity contribution in [3.8, 4) is 34.4 Å². The van der Waals surface area contributed by atoms with Crippen LogP contribution >= 0.6 is 0 Å². The van der Waals surface area contributed by atoms with E-state index in [9.17, 15) is 22.8 Å². The SMILES string of the molecule is COc1cc2c(Oc3ccc(NC(=O)c4nn(-c5ccccc5OC(F)(F)F)c(=O)cc4C)cc3F)ccnc2cc1OCCCN1CCCCC1. The fourth-order valence-electron chi connectivity index (χ4n) is 5.90. The Morgan fingerprint density at radius 3 is 2.46 bits per heavy atom. The van der Waals surface area contributed by atoms with Crippen molar-refractivity contribution >= 4 is 22.5 Å². The van der Waals surface area contributed by atoms with Crippen LogP contribution in [0.25, 0.3) is 16.6 Å². The first-order valence-electron chi connectivity index (χ1n) is 16.6. The number of hydrogen-bond acceptors (Lipinski definition) is 9. The Bertz CT molecular complexity index is 2140. The Morgan fingerprint density at radius 1 is 0.923 bits per heavy atom. The van der Waals surface area contributed by atoms with Gasteiger partial charge in [-0.2, -0.15) is 9.78 Å². The Morgan fingerprint density at radius 2 is 1.71 bits per heavy atom. The molecule has 1 amide bonds. The lowest BCUT2D eigenvalue weighted by molar-refractivity contribution is -0.274. The highest BCUT2D eigenvalue weighted by Crippen LogP contribution is 2.38. The molecule has 1 aliphatic heterocycles. The van der Waals surface area contributed by atoms with Gasteiger partial charge in [-0.3, -0.25) is 14.6 Å². The first kappa shape index (κ1) is 36.1. The van der Waals surface area contributed by atoms with Crippen molar-refractivity contribution in [2.24, 2.45) is 0 Å². The third kappa shape index (κ3) is 8.60. The van der Waals surface area contributed by atoms with Crippen LogP contribution < -0.4 is 29.8 Å². The number of aromatic nitrogens is 3. The fourth-order valence-corrected chi connectivity index (χ4v) is 5.90. The molecule has 52 heavy (non-hydrogen) atoms. The molecule has 3 aromatic carbocycles. The van der Waals surface area contributed by atoms with Gasteiger partial charge in [-0.1, -0.05) is 18.6 Å². The van der Waals surface area contributed by atoms with E-state index in [0.717, 1.165) is 44.3 Å². The second-order valence-corrected chi connectivity index (χ2v) is 12.1. The van der Waals surface area contributed by atoms with E-state index in [1.165, 1.54) is 69.8 Å². The van der Waals surface area contributed by atoms with Gasteiger partial charge in [-0.25, -0.2) is 4.39 Å². The molecule has 1 fully saturated rings. The molecule has 272 valence electrons. The van der Waals surface area contributed by atoms with Crippen LogP contribution in [0.2, 0.25) is 0 Å². The number of hydrogen-bond donors (Lipinski definition) is 1. The highest BCUT2D eigenvalue weighted by Gasteiger charge is 2.32. The quantitative estimate of drug-likeness (QED) is 0.104. The van der Waals surface area contributed by atoms with Crippen molar-refractivity contribution in [1.29, 1.82) is 0 Å². The van der Waals surface area contributed by atoms with Gasteiger partial charge in [0, 0.05) is 42.0 Å². The van der Waals surface area contributed by atoms with Gasteiger partial charge in [-0.15, -0.1) is 13.2 Å². The van der Waals surface area contributed by atoms with Crippen molar-refractivity contribution in [2.45, 2.75) is 39.0 Å². The van der Waals surface area contributed by atoms with Crippen LogP contribution in [0.5, 0.6) is 28.7 Å². The minimum atomic E-state index is -5.04. The summed E-state index contributed by atoms with van der Waals surface area (Å²) in [6, 6.07) is 14.7. The van der Waals surface area contributed by atoms with E-state index in [0.29, 0.717) is 39.4 Å². The lowest BCUT2D eigenvalue weighted by Crippen LogP contribution is -2.31. The zero-order valence-electron chi connectivity index (χ0n) is 28.3. The summed E-state index contributed by atoms with van der Waals surface area (Å²) in [5.74, 6) is -1.19. The number of alkyl halides is 3. The minimum absolute atomic E-state index is 0.0259. The maximum Gasteiger partial charge on any atom is 0.573 e. The lowest BCUT2D eigenvalue weighted by Gasteiger charge is -2.26. The van der Waals surface area contributed by atoms with E-state index in [1.807, 2.05) is 0 Å². The van der Waals surface area contributed by atoms with Crippen LogP contribution in [-0.4, -0.2) is 65.3 Å². The molecule has 15 heteroatoms. The molecule has 0 saturated carbocycles. The first-order valence-corrected chi connectivity index (χ1v) is 16.6. The number of likely N-dealkylation sites (tertiary alicyclic amines) is 1. The van der Waals surface area contributed by atoms with E-state index in [4.69, 9.17) is 14.2 Å². The number of nitrogens with zero attached hydrogens (tertiary/aromatic N) is 4. The molecule has 0 aliphatic carbocycles. The topological polar surface area (TPSA) is 117 Å². The van der Waals surface area contributed by atoms with Gasteiger partial charge < -0.3 is 29.2 Å². The highest BCUT2D eigenvalue weighted by atomic mass is 19.4. The number of para-hydroxylation sites is 2. The van der Waals surface area contributed by atoms with Crippen molar-refractivity contribution in [2.75, 3.05) is 38.7 Å². The van der Waals surface area contributed by atoms with Crippen LogP contribution in [0, 0.1) is 12.7 Å². The maximum atomic E-state index is 15.4. The summed E-state index contributed by atoms with van der Waals surface area (Å²) in [7, 11) is 1.53. The Balaban J connectivity index is 1.16. The minimum Gasteiger partial charge on any atom is -0.493 e. The van der Waals surface area contributed by atoms with E-state index in [1.54, 1.807) is 18.2 Å². The summed E-state index contributed by atoms with van der Waals surface area (Å²) in [4.78, 5) is 32.8. The third-order valence-corrected chi connectivity index (χ3v) is 8.38. The number of carbonyl (C=O) groups excluding carboxylic acids is 1. The summed E-state index contributed by atoms with van der Waals surface area (Å²) in [6.07, 6.45) is 1.10.